The van der Waals surface area contributed by atoms with E-state index >= 15 is 0 Å². The molecule has 0 amide bonds. The topological polar surface area (TPSA) is 20.2 Å². The second kappa shape index (κ2) is 4.23. The molecule has 0 aromatic heterocycles. The van der Waals surface area contributed by atoms with Gasteiger partial charge in [0, 0.05) is 6.42 Å². The van der Waals surface area contributed by atoms with Crippen LogP contribution in [0.25, 0.3) is 0 Å². The van der Waals surface area contributed by atoms with Gasteiger partial charge in [0.2, 0.25) is 0 Å². The summed E-state index contributed by atoms with van der Waals surface area (Å²) in [5.41, 5.74) is -0.825. The predicted octanol–water partition coefficient (Wildman–Crippen LogP) is 3.80. The molecule has 3 rings (SSSR count). The first-order chi connectivity index (χ1) is 8.87. The highest BCUT2D eigenvalue weighted by atomic mass is 19.4. The fraction of sp³-hybridized carbons (Fsp3) is 0.600. The van der Waals surface area contributed by atoms with E-state index in [1.807, 2.05) is 0 Å². The average Bonchev–Trinajstić information content (AvgIpc) is 2.87. The smallest absolute Gasteiger partial charge is 0.389 e. The van der Waals surface area contributed by atoms with Crippen molar-refractivity contribution in [3.05, 3.63) is 35.4 Å². The van der Waals surface area contributed by atoms with Crippen molar-refractivity contribution in [2.75, 3.05) is 0 Å². The Morgan fingerprint density at radius 2 is 2.05 bits per heavy atom. The summed E-state index contributed by atoms with van der Waals surface area (Å²) < 4.78 is 38.0. The van der Waals surface area contributed by atoms with Gasteiger partial charge in [0.15, 0.2) is 0 Å². The highest BCUT2D eigenvalue weighted by Crippen LogP contribution is 2.52. The zero-order chi connectivity index (χ0) is 13.7. The number of aliphatic hydroxyl groups is 1. The number of alkyl halides is 3. The van der Waals surface area contributed by atoms with Gasteiger partial charge in [0.1, 0.15) is 0 Å². The van der Waals surface area contributed by atoms with E-state index in [-0.39, 0.29) is 5.92 Å². The van der Waals surface area contributed by atoms with Gasteiger partial charge in [-0.3, -0.25) is 0 Å². The van der Waals surface area contributed by atoms with E-state index in [1.165, 1.54) is 12.1 Å². The van der Waals surface area contributed by atoms with Gasteiger partial charge in [-0.25, -0.2) is 0 Å². The summed E-state index contributed by atoms with van der Waals surface area (Å²) in [5.74, 6) is 0.841. The van der Waals surface area contributed by atoms with Gasteiger partial charge in [-0.05, 0) is 49.1 Å². The SMILES string of the molecule is OC1(Cc2cccc(C(F)(F)F)c2)CC2CCC1C2. The molecule has 2 fully saturated rings. The fourth-order valence-corrected chi connectivity index (χ4v) is 3.84. The van der Waals surface area contributed by atoms with Crippen LogP contribution < -0.4 is 0 Å². The van der Waals surface area contributed by atoms with Crippen LogP contribution >= 0.6 is 0 Å². The van der Waals surface area contributed by atoms with Crippen molar-refractivity contribution in [1.29, 1.82) is 0 Å². The van der Waals surface area contributed by atoms with Crippen LogP contribution in [0.2, 0.25) is 0 Å². The number of benzene rings is 1. The van der Waals surface area contributed by atoms with Gasteiger partial charge in [-0.15, -0.1) is 0 Å². The number of hydrogen-bond donors (Lipinski definition) is 1. The largest absolute Gasteiger partial charge is 0.416 e. The first kappa shape index (κ1) is 13.0. The lowest BCUT2D eigenvalue weighted by molar-refractivity contribution is -0.137. The minimum absolute atomic E-state index is 0.270. The Labute approximate surface area is 110 Å². The molecule has 1 nitrogen and oxygen atoms in total. The second-order valence-corrected chi connectivity index (χ2v) is 6.06. The molecule has 3 atom stereocenters. The van der Waals surface area contributed by atoms with Crippen molar-refractivity contribution in [3.63, 3.8) is 0 Å². The number of hydrogen-bond acceptors (Lipinski definition) is 1. The van der Waals surface area contributed by atoms with Crippen molar-refractivity contribution in [2.24, 2.45) is 11.8 Å². The molecule has 104 valence electrons. The Kier molecular flexibility index (Phi) is 2.89. The van der Waals surface area contributed by atoms with Gasteiger partial charge >= 0.3 is 6.18 Å². The molecule has 1 aromatic rings. The van der Waals surface area contributed by atoms with Crippen LogP contribution in [0, 0.1) is 11.8 Å². The van der Waals surface area contributed by atoms with E-state index in [0.717, 1.165) is 31.7 Å². The van der Waals surface area contributed by atoms with Crippen molar-refractivity contribution in [1.82, 2.24) is 0 Å². The van der Waals surface area contributed by atoms with Crippen LogP contribution in [0.1, 0.15) is 36.8 Å². The number of halogens is 3. The van der Waals surface area contributed by atoms with Crippen molar-refractivity contribution in [2.45, 2.75) is 43.9 Å². The summed E-state index contributed by atoms with van der Waals surface area (Å²) in [6.07, 6.45) is -0.00946. The van der Waals surface area contributed by atoms with E-state index in [4.69, 9.17) is 0 Å². The third kappa shape index (κ3) is 2.38. The van der Waals surface area contributed by atoms with Crippen LogP contribution in [-0.4, -0.2) is 10.7 Å². The van der Waals surface area contributed by atoms with Crippen LogP contribution in [0.5, 0.6) is 0 Å². The second-order valence-electron chi connectivity index (χ2n) is 6.06. The fourth-order valence-electron chi connectivity index (χ4n) is 3.84. The minimum Gasteiger partial charge on any atom is -0.389 e. The zero-order valence-corrected chi connectivity index (χ0v) is 10.6. The molecule has 2 aliphatic rings. The third-order valence-corrected chi connectivity index (χ3v) is 4.71. The molecular weight excluding hydrogens is 253 g/mol. The zero-order valence-electron chi connectivity index (χ0n) is 10.6. The maximum atomic E-state index is 12.7. The van der Waals surface area contributed by atoms with Crippen LogP contribution in [0.4, 0.5) is 13.2 Å². The molecule has 0 heterocycles. The van der Waals surface area contributed by atoms with Gasteiger partial charge in [-0.2, -0.15) is 13.2 Å². The third-order valence-electron chi connectivity index (χ3n) is 4.71. The highest BCUT2D eigenvalue weighted by molar-refractivity contribution is 5.27. The molecule has 3 unspecified atom stereocenters. The molecule has 0 radical (unpaired) electrons. The maximum Gasteiger partial charge on any atom is 0.416 e. The summed E-state index contributed by atoms with van der Waals surface area (Å²) in [6, 6.07) is 5.35. The molecule has 0 saturated heterocycles. The summed E-state index contributed by atoms with van der Waals surface area (Å²) >= 11 is 0. The number of rotatable bonds is 2. The predicted molar refractivity (Wildman–Crippen MR) is 65.5 cm³/mol. The van der Waals surface area contributed by atoms with Crippen molar-refractivity contribution in [3.8, 4) is 0 Å². The lowest BCUT2D eigenvalue weighted by Crippen LogP contribution is -2.37. The lowest BCUT2D eigenvalue weighted by Gasteiger charge is -2.32. The standard InChI is InChI=1S/C15H17F3O/c16-15(17,18)13-3-1-2-10(7-13)8-14(19)9-11-4-5-12(14)6-11/h1-3,7,11-12,19H,4-6,8-9H2. The maximum absolute atomic E-state index is 12.7. The van der Waals surface area contributed by atoms with E-state index in [1.54, 1.807) is 6.07 Å². The van der Waals surface area contributed by atoms with Crippen LogP contribution in [0.3, 0.4) is 0 Å². The normalized spacial score (nSPS) is 33.9. The van der Waals surface area contributed by atoms with Gasteiger partial charge in [-0.1, -0.05) is 18.2 Å². The Hall–Kier alpha value is -1.03. The Bertz CT molecular complexity index is 483. The molecular formula is C15H17F3O. The quantitative estimate of drug-likeness (QED) is 0.866. The summed E-state index contributed by atoms with van der Waals surface area (Å²) in [5, 5.41) is 10.6. The van der Waals surface area contributed by atoms with Crippen LogP contribution in [0.15, 0.2) is 24.3 Å². The molecule has 2 saturated carbocycles. The van der Waals surface area contributed by atoms with E-state index < -0.39 is 17.3 Å². The summed E-state index contributed by atoms with van der Waals surface area (Å²) in [7, 11) is 0. The first-order valence-corrected chi connectivity index (χ1v) is 6.75. The van der Waals surface area contributed by atoms with Crippen molar-refractivity contribution < 1.29 is 18.3 Å². The monoisotopic (exact) mass is 270 g/mol. The molecule has 19 heavy (non-hydrogen) atoms. The summed E-state index contributed by atoms with van der Waals surface area (Å²) in [4.78, 5) is 0. The Morgan fingerprint density at radius 1 is 1.26 bits per heavy atom. The Balaban J connectivity index is 1.80. The van der Waals surface area contributed by atoms with Gasteiger partial charge < -0.3 is 5.11 Å². The first-order valence-electron chi connectivity index (χ1n) is 6.75. The van der Waals surface area contributed by atoms with Crippen molar-refractivity contribution >= 4 is 0 Å². The average molecular weight is 270 g/mol. The molecule has 1 N–H and O–H groups in total. The van der Waals surface area contributed by atoms with E-state index in [0.29, 0.717) is 17.9 Å². The molecule has 0 aliphatic heterocycles. The van der Waals surface area contributed by atoms with Crippen LogP contribution in [-0.2, 0) is 12.6 Å². The lowest BCUT2D eigenvalue weighted by atomic mass is 9.79. The molecule has 4 heteroatoms. The molecule has 1 aromatic carbocycles. The van der Waals surface area contributed by atoms with Gasteiger partial charge in [0.05, 0.1) is 11.2 Å². The van der Waals surface area contributed by atoms with E-state index in [9.17, 15) is 18.3 Å². The highest BCUT2D eigenvalue weighted by Gasteiger charge is 2.49. The molecule has 0 spiro atoms. The summed E-state index contributed by atoms with van der Waals surface area (Å²) in [6.45, 7) is 0. The van der Waals surface area contributed by atoms with E-state index in [2.05, 4.69) is 0 Å². The Morgan fingerprint density at radius 3 is 2.63 bits per heavy atom. The van der Waals surface area contributed by atoms with Gasteiger partial charge in [0.25, 0.3) is 0 Å². The molecule has 2 aliphatic carbocycles. The minimum atomic E-state index is -4.31. The molecule has 2 bridgehead atoms. The number of fused-ring (bicyclic) bond motifs is 2.